The molecule has 152 valence electrons. The zero-order valence-electron chi connectivity index (χ0n) is 17.2. The average molecular weight is 402 g/mol. The van der Waals surface area contributed by atoms with E-state index < -0.39 is 0 Å². The minimum atomic E-state index is -0.219. The fourth-order valence-electron chi connectivity index (χ4n) is 3.02. The zero-order chi connectivity index (χ0) is 20.4. The maximum Gasteiger partial charge on any atom is 0.254 e. The molecule has 0 atom stereocenters. The summed E-state index contributed by atoms with van der Waals surface area (Å²) >= 11 is 1.43. The smallest absolute Gasteiger partial charge is 0.254 e. The molecule has 2 rings (SSSR count). The second-order valence-corrected chi connectivity index (χ2v) is 8.29. The third-order valence-corrected chi connectivity index (χ3v) is 5.33. The predicted octanol–water partition coefficient (Wildman–Crippen LogP) is 5.07. The molecule has 0 saturated heterocycles. The number of amides is 2. The van der Waals surface area contributed by atoms with Gasteiger partial charge in [0, 0.05) is 23.2 Å². The molecule has 0 bridgehead atoms. The monoisotopic (exact) mass is 401 g/mol. The molecule has 0 aliphatic rings. The average Bonchev–Trinajstić information content (AvgIpc) is 3.09. The van der Waals surface area contributed by atoms with E-state index in [1.807, 2.05) is 38.1 Å². The van der Waals surface area contributed by atoms with E-state index in [2.05, 4.69) is 17.2 Å². The lowest BCUT2D eigenvalue weighted by atomic mass is 10.0. The SMILES string of the molecule is CCCCCCc1ccc(C(=O)N(CCC)CC(=O)Nc2ncc(C)s2)cc1. The number of benzene rings is 1. The van der Waals surface area contributed by atoms with E-state index in [9.17, 15) is 9.59 Å². The largest absolute Gasteiger partial charge is 0.329 e. The lowest BCUT2D eigenvalue weighted by Gasteiger charge is -2.21. The first kappa shape index (κ1) is 22.1. The van der Waals surface area contributed by atoms with Crippen molar-refractivity contribution in [2.24, 2.45) is 0 Å². The number of unbranched alkanes of at least 4 members (excludes halogenated alkanes) is 3. The Hall–Kier alpha value is -2.21. The van der Waals surface area contributed by atoms with Crippen molar-refractivity contribution in [2.45, 2.75) is 59.3 Å². The first-order chi connectivity index (χ1) is 13.5. The van der Waals surface area contributed by atoms with Crippen molar-refractivity contribution in [1.82, 2.24) is 9.88 Å². The topological polar surface area (TPSA) is 62.3 Å². The predicted molar refractivity (Wildman–Crippen MR) is 116 cm³/mol. The van der Waals surface area contributed by atoms with Crippen LogP contribution in [0.1, 0.15) is 66.8 Å². The minimum absolute atomic E-state index is 0.0318. The summed E-state index contributed by atoms with van der Waals surface area (Å²) in [6.07, 6.45) is 8.49. The van der Waals surface area contributed by atoms with Crippen LogP contribution in [0.3, 0.4) is 0 Å². The number of nitrogens with zero attached hydrogens (tertiary/aromatic N) is 2. The van der Waals surface area contributed by atoms with Crippen molar-refractivity contribution in [2.75, 3.05) is 18.4 Å². The van der Waals surface area contributed by atoms with E-state index in [0.717, 1.165) is 17.7 Å². The summed E-state index contributed by atoms with van der Waals surface area (Å²) in [4.78, 5) is 32.0. The lowest BCUT2D eigenvalue weighted by Crippen LogP contribution is -2.38. The van der Waals surface area contributed by atoms with Gasteiger partial charge in [-0.2, -0.15) is 0 Å². The number of nitrogens with one attached hydrogen (secondary N) is 1. The van der Waals surface area contributed by atoms with Crippen LogP contribution >= 0.6 is 11.3 Å². The van der Waals surface area contributed by atoms with Gasteiger partial charge < -0.3 is 10.2 Å². The highest BCUT2D eigenvalue weighted by Crippen LogP contribution is 2.17. The summed E-state index contributed by atoms with van der Waals surface area (Å²) in [5.74, 6) is -0.325. The molecule has 0 aliphatic carbocycles. The minimum Gasteiger partial charge on any atom is -0.329 e. The summed E-state index contributed by atoms with van der Waals surface area (Å²) < 4.78 is 0. The Kier molecular flexibility index (Phi) is 9.14. The Balaban J connectivity index is 1.94. The quantitative estimate of drug-likeness (QED) is 0.535. The second-order valence-electron chi connectivity index (χ2n) is 7.06. The van der Waals surface area contributed by atoms with Crippen LogP contribution in [-0.2, 0) is 11.2 Å². The van der Waals surface area contributed by atoms with Crippen molar-refractivity contribution in [3.05, 3.63) is 46.5 Å². The molecule has 0 aliphatic heterocycles. The number of aryl methyl sites for hydroxylation is 2. The van der Waals surface area contributed by atoms with Gasteiger partial charge in [0.05, 0.1) is 0 Å². The molecule has 1 aromatic carbocycles. The second kappa shape index (κ2) is 11.6. The molecular formula is C22H31N3O2S. The summed E-state index contributed by atoms with van der Waals surface area (Å²) in [5.41, 5.74) is 1.88. The van der Waals surface area contributed by atoms with Crippen molar-refractivity contribution in [3.63, 3.8) is 0 Å². The van der Waals surface area contributed by atoms with E-state index >= 15 is 0 Å². The molecule has 5 nitrogen and oxygen atoms in total. The third kappa shape index (κ3) is 7.08. The van der Waals surface area contributed by atoms with Gasteiger partial charge in [0.15, 0.2) is 5.13 Å². The maximum atomic E-state index is 12.9. The zero-order valence-corrected chi connectivity index (χ0v) is 18.0. The standard InChI is InChI=1S/C22H31N3O2S/c1-4-6-7-8-9-18-10-12-19(13-11-18)21(27)25(14-5-2)16-20(26)24-22-23-15-17(3)28-22/h10-13,15H,4-9,14,16H2,1-3H3,(H,23,24,26). The van der Waals surface area contributed by atoms with Crippen molar-refractivity contribution in [3.8, 4) is 0 Å². The fraction of sp³-hybridized carbons (Fsp3) is 0.500. The van der Waals surface area contributed by atoms with Gasteiger partial charge in [-0.1, -0.05) is 45.2 Å². The van der Waals surface area contributed by atoms with Crippen LogP contribution in [0.2, 0.25) is 0 Å². The molecule has 28 heavy (non-hydrogen) atoms. The van der Waals surface area contributed by atoms with E-state index in [0.29, 0.717) is 17.2 Å². The van der Waals surface area contributed by atoms with Crippen LogP contribution in [-0.4, -0.2) is 34.8 Å². The molecule has 2 amide bonds. The summed E-state index contributed by atoms with van der Waals surface area (Å²) in [6.45, 7) is 6.72. The normalized spacial score (nSPS) is 10.7. The first-order valence-electron chi connectivity index (χ1n) is 10.1. The van der Waals surface area contributed by atoms with Gasteiger partial charge in [0.2, 0.25) is 5.91 Å². The van der Waals surface area contributed by atoms with Gasteiger partial charge in [-0.25, -0.2) is 4.98 Å². The number of aromatic nitrogens is 1. The van der Waals surface area contributed by atoms with Crippen LogP contribution in [0.4, 0.5) is 5.13 Å². The molecule has 1 N–H and O–H groups in total. The van der Waals surface area contributed by atoms with Crippen LogP contribution in [0.15, 0.2) is 30.5 Å². The lowest BCUT2D eigenvalue weighted by molar-refractivity contribution is -0.116. The Labute approximate surface area is 172 Å². The molecule has 0 saturated carbocycles. The van der Waals surface area contributed by atoms with Gasteiger partial charge in [-0.15, -0.1) is 11.3 Å². The summed E-state index contributed by atoms with van der Waals surface area (Å²) in [7, 11) is 0. The highest BCUT2D eigenvalue weighted by molar-refractivity contribution is 7.15. The van der Waals surface area contributed by atoms with E-state index in [1.54, 1.807) is 11.1 Å². The van der Waals surface area contributed by atoms with Gasteiger partial charge in [-0.05, 0) is 43.9 Å². The van der Waals surface area contributed by atoms with Crippen molar-refractivity contribution < 1.29 is 9.59 Å². The third-order valence-electron chi connectivity index (χ3n) is 4.50. The van der Waals surface area contributed by atoms with Gasteiger partial charge >= 0.3 is 0 Å². The Morgan fingerprint density at radius 2 is 1.82 bits per heavy atom. The van der Waals surface area contributed by atoms with Crippen molar-refractivity contribution >= 4 is 28.3 Å². The van der Waals surface area contributed by atoms with Crippen LogP contribution in [0.5, 0.6) is 0 Å². The van der Waals surface area contributed by atoms with Gasteiger partial charge in [-0.3, -0.25) is 9.59 Å². The van der Waals surface area contributed by atoms with Gasteiger partial charge in [0.1, 0.15) is 6.54 Å². The molecule has 1 heterocycles. The number of rotatable bonds is 11. The van der Waals surface area contributed by atoms with E-state index in [1.165, 1.54) is 42.6 Å². The van der Waals surface area contributed by atoms with Crippen LogP contribution in [0, 0.1) is 6.92 Å². The summed E-state index contributed by atoms with van der Waals surface area (Å²) in [5, 5.41) is 3.34. The van der Waals surface area contributed by atoms with Gasteiger partial charge in [0.25, 0.3) is 5.91 Å². The number of hydrogen-bond donors (Lipinski definition) is 1. The Morgan fingerprint density at radius 3 is 2.43 bits per heavy atom. The molecule has 0 spiro atoms. The molecule has 0 fully saturated rings. The van der Waals surface area contributed by atoms with Crippen LogP contribution < -0.4 is 5.32 Å². The molecule has 2 aromatic rings. The molecule has 0 unspecified atom stereocenters. The molecule has 1 aromatic heterocycles. The maximum absolute atomic E-state index is 12.9. The number of hydrogen-bond acceptors (Lipinski definition) is 4. The first-order valence-corrected chi connectivity index (χ1v) is 11.0. The Bertz CT molecular complexity index is 755. The number of carbonyl (C=O) groups excluding carboxylic acids is 2. The summed E-state index contributed by atoms with van der Waals surface area (Å²) in [6, 6.07) is 7.81. The molecule has 6 heteroatoms. The number of anilines is 1. The van der Waals surface area contributed by atoms with Crippen molar-refractivity contribution in [1.29, 1.82) is 0 Å². The fourth-order valence-corrected chi connectivity index (χ4v) is 3.70. The highest BCUT2D eigenvalue weighted by Gasteiger charge is 2.19. The molecular weight excluding hydrogens is 370 g/mol. The van der Waals surface area contributed by atoms with Crippen LogP contribution in [0.25, 0.3) is 0 Å². The van der Waals surface area contributed by atoms with E-state index in [4.69, 9.17) is 0 Å². The highest BCUT2D eigenvalue weighted by atomic mass is 32.1. The molecule has 0 radical (unpaired) electrons. The number of carbonyl (C=O) groups is 2. The van der Waals surface area contributed by atoms with E-state index in [-0.39, 0.29) is 18.4 Å². The number of thiazole rings is 1. The Morgan fingerprint density at radius 1 is 1.07 bits per heavy atom.